The number of rotatable bonds is 5. The molecule has 0 saturated heterocycles. The van der Waals surface area contributed by atoms with Crippen LogP contribution >= 0.6 is 0 Å². The fourth-order valence-corrected chi connectivity index (χ4v) is 4.60. The number of aromatic nitrogens is 3. The molecule has 0 fully saturated rings. The molecule has 32 heavy (non-hydrogen) atoms. The summed E-state index contributed by atoms with van der Waals surface area (Å²) in [5.41, 5.74) is 9.93. The topological polar surface area (TPSA) is 30.7 Å². The molecule has 1 aromatic heterocycles. The zero-order valence-electron chi connectivity index (χ0n) is 20.3. The molecule has 0 amide bonds. The minimum atomic E-state index is 0.391. The van der Waals surface area contributed by atoms with E-state index < -0.39 is 0 Å². The molecule has 0 radical (unpaired) electrons. The summed E-state index contributed by atoms with van der Waals surface area (Å²) in [5.74, 6) is 2.46. The highest BCUT2D eigenvalue weighted by molar-refractivity contribution is 5.75. The van der Waals surface area contributed by atoms with Crippen molar-refractivity contribution in [1.82, 2.24) is 14.8 Å². The van der Waals surface area contributed by atoms with E-state index in [2.05, 4.69) is 107 Å². The first-order valence-electron chi connectivity index (χ1n) is 11.5. The maximum absolute atomic E-state index is 4.89. The second-order valence-electron chi connectivity index (χ2n) is 9.34. The summed E-state index contributed by atoms with van der Waals surface area (Å²) in [7, 11) is 0. The van der Waals surface area contributed by atoms with Crippen LogP contribution in [0.15, 0.2) is 60.7 Å². The summed E-state index contributed by atoms with van der Waals surface area (Å²) in [6.07, 6.45) is 0. The minimum Gasteiger partial charge on any atom is -0.212 e. The molecule has 4 aromatic rings. The minimum absolute atomic E-state index is 0.391. The molecular weight excluding hydrogens is 390 g/mol. The molecule has 3 aromatic carbocycles. The van der Waals surface area contributed by atoms with Crippen LogP contribution in [0.2, 0.25) is 0 Å². The molecular formula is C29H33N3. The van der Waals surface area contributed by atoms with E-state index in [1.807, 2.05) is 6.92 Å². The average Bonchev–Trinajstić information content (AvgIpc) is 3.14. The quantitative estimate of drug-likeness (QED) is 0.328. The lowest BCUT2D eigenvalue weighted by molar-refractivity contribution is 0.769. The smallest absolute Gasteiger partial charge is 0.163 e. The van der Waals surface area contributed by atoms with E-state index in [0.29, 0.717) is 11.8 Å². The van der Waals surface area contributed by atoms with Gasteiger partial charge in [-0.05, 0) is 72.1 Å². The fraction of sp³-hybridized carbons (Fsp3) is 0.310. The monoisotopic (exact) mass is 423 g/mol. The van der Waals surface area contributed by atoms with E-state index in [0.717, 1.165) is 17.2 Å². The van der Waals surface area contributed by atoms with Gasteiger partial charge in [0.05, 0.1) is 5.69 Å². The Morgan fingerprint density at radius 1 is 0.688 bits per heavy atom. The van der Waals surface area contributed by atoms with Crippen molar-refractivity contribution in [3.05, 3.63) is 88.7 Å². The highest BCUT2D eigenvalue weighted by atomic mass is 15.4. The highest BCUT2D eigenvalue weighted by Gasteiger charge is 2.21. The van der Waals surface area contributed by atoms with Gasteiger partial charge in [-0.2, -0.15) is 5.10 Å². The van der Waals surface area contributed by atoms with Crippen LogP contribution in [0.4, 0.5) is 0 Å². The molecule has 3 heteroatoms. The van der Waals surface area contributed by atoms with Crippen molar-refractivity contribution in [2.24, 2.45) is 0 Å². The number of para-hydroxylation sites is 1. The number of hydrogen-bond acceptors (Lipinski definition) is 2. The first-order valence-corrected chi connectivity index (χ1v) is 11.5. The van der Waals surface area contributed by atoms with E-state index >= 15 is 0 Å². The molecule has 0 spiro atoms. The van der Waals surface area contributed by atoms with Gasteiger partial charge in [-0.15, -0.1) is 0 Å². The normalized spacial score (nSPS) is 11.5. The third-order valence-electron chi connectivity index (χ3n) is 6.16. The second kappa shape index (κ2) is 8.74. The Hall–Kier alpha value is -3.20. The van der Waals surface area contributed by atoms with Gasteiger partial charge in [0, 0.05) is 5.56 Å². The highest BCUT2D eigenvalue weighted by Crippen LogP contribution is 2.35. The van der Waals surface area contributed by atoms with Crippen molar-refractivity contribution in [3.8, 4) is 28.2 Å². The number of nitrogens with zero attached hydrogens (tertiary/aromatic N) is 3. The largest absolute Gasteiger partial charge is 0.212 e. The Bertz CT molecular complexity index is 1210. The first kappa shape index (κ1) is 22.0. The number of hydrogen-bond donors (Lipinski definition) is 0. The Morgan fingerprint density at radius 2 is 1.22 bits per heavy atom. The van der Waals surface area contributed by atoms with Gasteiger partial charge >= 0.3 is 0 Å². The van der Waals surface area contributed by atoms with Gasteiger partial charge in [-0.1, -0.05) is 82.3 Å². The molecule has 0 N–H and O–H groups in total. The molecule has 0 aliphatic rings. The molecule has 0 aliphatic heterocycles. The zero-order valence-corrected chi connectivity index (χ0v) is 20.3. The van der Waals surface area contributed by atoms with Gasteiger partial charge in [0.25, 0.3) is 0 Å². The van der Waals surface area contributed by atoms with Gasteiger partial charge < -0.3 is 0 Å². The number of aryl methyl sites for hydroxylation is 3. The standard InChI is InChI=1S/C29H33N3/c1-18(2)25-15-10-16-26(19(3)4)28(25)32-29(30-22(7)31-32)24-14-9-13-23(17-24)27-20(5)11-8-12-21(27)6/h8-19H,1-7H3. The van der Waals surface area contributed by atoms with Crippen LogP contribution in [0.5, 0.6) is 0 Å². The van der Waals surface area contributed by atoms with Gasteiger partial charge in [0.15, 0.2) is 5.82 Å². The maximum Gasteiger partial charge on any atom is 0.163 e. The van der Waals surface area contributed by atoms with Gasteiger partial charge in [0.2, 0.25) is 0 Å². The van der Waals surface area contributed by atoms with Crippen molar-refractivity contribution in [3.63, 3.8) is 0 Å². The lowest BCUT2D eigenvalue weighted by Gasteiger charge is -2.20. The van der Waals surface area contributed by atoms with Crippen molar-refractivity contribution < 1.29 is 0 Å². The predicted octanol–water partition coefficient (Wildman–Crippen LogP) is 7.77. The lowest BCUT2D eigenvalue weighted by atomic mass is 9.92. The Balaban J connectivity index is 1.95. The molecule has 1 heterocycles. The number of benzene rings is 3. The lowest BCUT2D eigenvalue weighted by Crippen LogP contribution is -2.10. The predicted molar refractivity (Wildman–Crippen MR) is 135 cm³/mol. The molecule has 0 bridgehead atoms. The van der Waals surface area contributed by atoms with E-state index in [-0.39, 0.29) is 0 Å². The fourth-order valence-electron chi connectivity index (χ4n) is 4.60. The van der Waals surface area contributed by atoms with Gasteiger partial charge in [-0.25, -0.2) is 9.67 Å². The van der Waals surface area contributed by atoms with E-state index in [1.54, 1.807) is 0 Å². The van der Waals surface area contributed by atoms with Crippen molar-refractivity contribution >= 4 is 0 Å². The van der Waals surface area contributed by atoms with E-state index in [1.165, 1.54) is 39.1 Å². The van der Waals surface area contributed by atoms with Crippen LogP contribution < -0.4 is 0 Å². The zero-order chi connectivity index (χ0) is 23.0. The summed E-state index contributed by atoms with van der Waals surface area (Å²) >= 11 is 0. The molecule has 0 aliphatic carbocycles. The van der Waals surface area contributed by atoms with Crippen LogP contribution in [-0.2, 0) is 0 Å². The molecule has 164 valence electrons. The van der Waals surface area contributed by atoms with Crippen LogP contribution in [0.25, 0.3) is 28.2 Å². The Morgan fingerprint density at radius 3 is 1.81 bits per heavy atom. The Labute approximate surface area is 192 Å². The summed E-state index contributed by atoms with van der Waals surface area (Å²) in [6, 6.07) is 21.8. The summed E-state index contributed by atoms with van der Waals surface area (Å²) in [5, 5.41) is 4.89. The summed E-state index contributed by atoms with van der Waals surface area (Å²) < 4.78 is 2.07. The van der Waals surface area contributed by atoms with E-state index in [4.69, 9.17) is 10.1 Å². The molecule has 0 unspecified atom stereocenters. The van der Waals surface area contributed by atoms with Crippen molar-refractivity contribution in [2.45, 2.75) is 60.3 Å². The van der Waals surface area contributed by atoms with Gasteiger partial charge in [0.1, 0.15) is 5.82 Å². The average molecular weight is 424 g/mol. The van der Waals surface area contributed by atoms with Crippen LogP contribution in [0.3, 0.4) is 0 Å². The van der Waals surface area contributed by atoms with Crippen LogP contribution in [-0.4, -0.2) is 14.8 Å². The van der Waals surface area contributed by atoms with Crippen molar-refractivity contribution in [1.29, 1.82) is 0 Å². The van der Waals surface area contributed by atoms with Crippen LogP contribution in [0.1, 0.15) is 67.6 Å². The Kier molecular flexibility index (Phi) is 6.01. The third kappa shape index (κ3) is 4.00. The SMILES string of the molecule is Cc1nc(-c2cccc(-c3c(C)cccc3C)c2)n(-c2c(C(C)C)cccc2C(C)C)n1. The first-order chi connectivity index (χ1) is 15.3. The van der Waals surface area contributed by atoms with E-state index in [9.17, 15) is 0 Å². The molecule has 3 nitrogen and oxygen atoms in total. The maximum atomic E-state index is 4.89. The van der Waals surface area contributed by atoms with Crippen molar-refractivity contribution in [2.75, 3.05) is 0 Å². The second-order valence-corrected chi connectivity index (χ2v) is 9.34. The molecule has 0 atom stereocenters. The molecule has 0 saturated carbocycles. The summed E-state index contributed by atoms with van der Waals surface area (Å²) in [6.45, 7) is 15.3. The van der Waals surface area contributed by atoms with Crippen LogP contribution in [0, 0.1) is 20.8 Å². The summed E-state index contributed by atoms with van der Waals surface area (Å²) in [4.78, 5) is 4.89. The molecule has 4 rings (SSSR count). The van der Waals surface area contributed by atoms with Gasteiger partial charge in [-0.3, -0.25) is 0 Å². The third-order valence-corrected chi connectivity index (χ3v) is 6.16.